The molecule has 1 aromatic heterocycles. The second-order valence-electron chi connectivity index (χ2n) is 13.9. The second-order valence-corrected chi connectivity index (χ2v) is 13.9. The van der Waals surface area contributed by atoms with Crippen molar-refractivity contribution in [3.05, 3.63) is 24.2 Å². The number of aliphatic hydroxyl groups excluding tert-OH is 1. The van der Waals surface area contributed by atoms with Gasteiger partial charge in [-0.15, -0.1) is 0 Å². The van der Waals surface area contributed by atoms with E-state index in [1.165, 1.54) is 19.4 Å². The van der Waals surface area contributed by atoms with Crippen LogP contribution in [-0.2, 0) is 23.8 Å². The van der Waals surface area contributed by atoms with Crippen molar-refractivity contribution in [2.75, 3.05) is 0 Å². The van der Waals surface area contributed by atoms with Crippen molar-refractivity contribution < 1.29 is 33.3 Å². The molecule has 1 spiro atoms. The minimum atomic E-state index is -0.586. The van der Waals surface area contributed by atoms with Crippen molar-refractivity contribution in [1.29, 1.82) is 0 Å². The molecule has 0 unspecified atom stereocenters. The number of hydrogen-bond donors (Lipinski definition) is 1. The number of fused-ring (bicyclic) bond motifs is 3. The SMILES string of the molecule is CC(=O)O[C@H]1C[C@@H](OC(C)=O)C(C)(C)[C@@H]2C[C@@H](O)[C@]3(C)[C@H](CC[C@@]4(C)[C@H](c5ccoc5)C[C@H]5O[C@@]534)[C@@]12C. The summed E-state index contributed by atoms with van der Waals surface area (Å²) in [5.41, 5.74) is -0.641. The molecule has 7 heteroatoms. The van der Waals surface area contributed by atoms with Gasteiger partial charge in [0, 0.05) is 41.9 Å². The van der Waals surface area contributed by atoms with Gasteiger partial charge in [0.2, 0.25) is 0 Å². The van der Waals surface area contributed by atoms with E-state index in [0.29, 0.717) is 18.8 Å². The lowest BCUT2D eigenvalue weighted by Gasteiger charge is -2.70. The zero-order chi connectivity index (χ0) is 26.8. The molecule has 1 N–H and O–H groups in total. The van der Waals surface area contributed by atoms with Crippen molar-refractivity contribution in [2.24, 2.45) is 33.5 Å². The highest BCUT2D eigenvalue weighted by molar-refractivity contribution is 5.67. The van der Waals surface area contributed by atoms with Crippen LogP contribution in [0.4, 0.5) is 0 Å². The monoisotopic (exact) mass is 514 g/mol. The first kappa shape index (κ1) is 25.4. The van der Waals surface area contributed by atoms with Crippen LogP contribution in [0.25, 0.3) is 0 Å². The van der Waals surface area contributed by atoms with Crippen LogP contribution in [0, 0.1) is 33.5 Å². The molecule has 5 fully saturated rings. The van der Waals surface area contributed by atoms with E-state index in [4.69, 9.17) is 18.6 Å². The smallest absolute Gasteiger partial charge is 0.302 e. The number of rotatable bonds is 3. The molecular formula is C30H42O7. The molecule has 1 saturated heterocycles. The van der Waals surface area contributed by atoms with E-state index in [1.807, 2.05) is 6.26 Å². The molecule has 4 saturated carbocycles. The summed E-state index contributed by atoms with van der Waals surface area (Å²) in [7, 11) is 0. The van der Waals surface area contributed by atoms with Gasteiger partial charge in [0.15, 0.2) is 0 Å². The summed E-state index contributed by atoms with van der Waals surface area (Å²) >= 11 is 0. The fraction of sp³-hybridized carbons (Fsp3) is 0.800. The molecule has 4 aliphatic carbocycles. The number of carbonyl (C=O) groups excluding carboxylic acids is 2. The van der Waals surface area contributed by atoms with E-state index in [9.17, 15) is 14.7 Å². The van der Waals surface area contributed by atoms with Gasteiger partial charge in [0.05, 0.1) is 24.7 Å². The summed E-state index contributed by atoms with van der Waals surface area (Å²) in [6.07, 6.45) is 6.15. The molecule has 204 valence electrons. The molecule has 1 aliphatic heterocycles. The van der Waals surface area contributed by atoms with Gasteiger partial charge in [0.25, 0.3) is 0 Å². The van der Waals surface area contributed by atoms with Gasteiger partial charge < -0.3 is 23.7 Å². The van der Waals surface area contributed by atoms with E-state index in [-0.39, 0.29) is 35.3 Å². The summed E-state index contributed by atoms with van der Waals surface area (Å²) in [5.74, 6) is -0.251. The zero-order valence-electron chi connectivity index (χ0n) is 23.2. The minimum absolute atomic E-state index is 0.000412. The first-order valence-electron chi connectivity index (χ1n) is 14.0. The van der Waals surface area contributed by atoms with E-state index in [2.05, 4.69) is 40.7 Å². The predicted molar refractivity (Wildman–Crippen MR) is 134 cm³/mol. The van der Waals surface area contributed by atoms with Crippen molar-refractivity contribution in [2.45, 2.75) is 117 Å². The maximum absolute atomic E-state index is 12.4. The van der Waals surface area contributed by atoms with Crippen LogP contribution < -0.4 is 0 Å². The third-order valence-corrected chi connectivity index (χ3v) is 12.3. The highest BCUT2D eigenvalue weighted by Gasteiger charge is 2.87. The first-order valence-corrected chi connectivity index (χ1v) is 14.0. The Bertz CT molecular complexity index is 1110. The van der Waals surface area contributed by atoms with E-state index < -0.39 is 40.2 Å². The quantitative estimate of drug-likeness (QED) is 0.447. The molecule has 37 heavy (non-hydrogen) atoms. The van der Waals surface area contributed by atoms with Crippen LogP contribution in [0.1, 0.15) is 92.1 Å². The zero-order valence-corrected chi connectivity index (χ0v) is 23.2. The Kier molecular flexibility index (Phi) is 5.24. The standard InChI is InChI=1S/C30H42O7/c1-16(31)35-23-14-24(36-17(2)32)28(6)20-8-10-27(5)19(18-9-11-34-15-18)12-25-30(27,37-25)29(20,7)22(33)13-21(28)26(23,3)4/h9,11,15,19-25,33H,8,10,12-14H2,1-7H3/t19-,20+,21-,22+,23+,24-,25+,27-,28+,29-,30+/m0/s1. The van der Waals surface area contributed by atoms with Crippen molar-refractivity contribution in [3.8, 4) is 0 Å². The fourth-order valence-electron chi connectivity index (χ4n) is 10.8. The van der Waals surface area contributed by atoms with Gasteiger partial charge in [0.1, 0.15) is 17.8 Å². The average Bonchev–Trinajstić information content (AvgIpc) is 3.16. The third kappa shape index (κ3) is 2.91. The molecule has 11 atom stereocenters. The lowest BCUT2D eigenvalue weighted by Crippen LogP contribution is -2.73. The number of hydrogen-bond acceptors (Lipinski definition) is 7. The number of epoxide rings is 1. The highest BCUT2D eigenvalue weighted by Crippen LogP contribution is 2.82. The largest absolute Gasteiger partial charge is 0.472 e. The molecule has 6 rings (SSSR count). The lowest BCUT2D eigenvalue weighted by molar-refractivity contribution is -0.287. The Hall–Kier alpha value is -1.86. The Morgan fingerprint density at radius 2 is 1.65 bits per heavy atom. The van der Waals surface area contributed by atoms with Crippen LogP contribution in [0.15, 0.2) is 23.0 Å². The maximum atomic E-state index is 12.4. The van der Waals surface area contributed by atoms with Crippen molar-refractivity contribution >= 4 is 11.9 Å². The summed E-state index contributed by atoms with van der Waals surface area (Å²) in [6, 6.07) is 2.08. The minimum Gasteiger partial charge on any atom is -0.472 e. The number of furan rings is 1. The Morgan fingerprint density at radius 1 is 0.973 bits per heavy atom. The second kappa shape index (κ2) is 7.62. The van der Waals surface area contributed by atoms with Crippen LogP contribution in [0.3, 0.4) is 0 Å². The highest BCUT2D eigenvalue weighted by atomic mass is 16.6. The van der Waals surface area contributed by atoms with E-state index in [1.54, 1.807) is 6.26 Å². The Morgan fingerprint density at radius 3 is 2.27 bits per heavy atom. The molecule has 0 aromatic carbocycles. The first-order chi connectivity index (χ1) is 17.2. The maximum Gasteiger partial charge on any atom is 0.302 e. The van der Waals surface area contributed by atoms with Gasteiger partial charge in [-0.3, -0.25) is 9.59 Å². The van der Waals surface area contributed by atoms with Gasteiger partial charge in [-0.2, -0.15) is 0 Å². The van der Waals surface area contributed by atoms with Crippen molar-refractivity contribution in [1.82, 2.24) is 0 Å². The van der Waals surface area contributed by atoms with Gasteiger partial charge in [-0.1, -0.05) is 34.6 Å². The number of esters is 2. The molecule has 7 nitrogen and oxygen atoms in total. The summed E-state index contributed by atoms with van der Waals surface area (Å²) < 4.78 is 24.1. The van der Waals surface area contributed by atoms with Crippen LogP contribution in [-0.4, -0.2) is 47.1 Å². The van der Waals surface area contributed by atoms with Gasteiger partial charge in [-0.05, 0) is 55.1 Å². The van der Waals surface area contributed by atoms with E-state index >= 15 is 0 Å². The third-order valence-electron chi connectivity index (χ3n) is 12.3. The Labute approximate surface area is 219 Å². The number of carbonyl (C=O) groups is 2. The summed E-state index contributed by atoms with van der Waals surface area (Å²) in [4.78, 5) is 24.4. The summed E-state index contributed by atoms with van der Waals surface area (Å²) in [5, 5.41) is 12.1. The molecule has 0 radical (unpaired) electrons. The Balaban J connectivity index is 1.46. The molecule has 5 aliphatic rings. The fourth-order valence-corrected chi connectivity index (χ4v) is 10.8. The molecule has 0 bridgehead atoms. The molecule has 1 aromatic rings. The number of ether oxygens (including phenoxy) is 3. The average molecular weight is 515 g/mol. The lowest BCUT2D eigenvalue weighted by atomic mass is 9.35. The molecular weight excluding hydrogens is 472 g/mol. The van der Waals surface area contributed by atoms with E-state index in [0.717, 1.165) is 19.3 Å². The van der Waals surface area contributed by atoms with Crippen LogP contribution in [0.5, 0.6) is 0 Å². The van der Waals surface area contributed by atoms with Crippen LogP contribution >= 0.6 is 0 Å². The molecule has 0 amide bonds. The van der Waals surface area contributed by atoms with Crippen molar-refractivity contribution in [3.63, 3.8) is 0 Å². The normalized spacial score (nSPS) is 51.2. The van der Waals surface area contributed by atoms with Gasteiger partial charge >= 0.3 is 11.9 Å². The number of aliphatic hydroxyl groups is 1. The summed E-state index contributed by atoms with van der Waals surface area (Å²) in [6.45, 7) is 14.0. The molecule has 2 heterocycles. The van der Waals surface area contributed by atoms with Crippen LogP contribution in [0.2, 0.25) is 0 Å². The topological polar surface area (TPSA) is 98.5 Å². The predicted octanol–water partition coefficient (Wildman–Crippen LogP) is 5.01. The van der Waals surface area contributed by atoms with Gasteiger partial charge in [-0.25, -0.2) is 0 Å².